The van der Waals surface area contributed by atoms with Gasteiger partial charge in [0.05, 0.1) is 28.2 Å². The molecule has 234 valence electrons. The van der Waals surface area contributed by atoms with Crippen LogP contribution in [0.3, 0.4) is 0 Å². The van der Waals surface area contributed by atoms with Crippen molar-refractivity contribution in [1.82, 2.24) is 4.90 Å². The number of ether oxygens (including phenoxy) is 1. The molecule has 1 aromatic rings. The lowest BCUT2D eigenvalue weighted by molar-refractivity contribution is -0.384. The number of rotatable bonds is 8. The maximum atomic E-state index is 14.0. The number of benzene rings is 1. The van der Waals surface area contributed by atoms with Gasteiger partial charge in [-0.05, 0) is 49.5 Å². The van der Waals surface area contributed by atoms with Crippen LogP contribution in [0, 0.1) is 33.8 Å². The maximum absolute atomic E-state index is 14.0. The fraction of sp³-hybridized carbons (Fsp3) is 0.724. The molecule has 1 N–H and O–H groups in total. The zero-order chi connectivity index (χ0) is 30.8. The molecular weight excluding hydrogens is 557 g/mol. The molecule has 0 unspecified atom stereocenters. The minimum Gasteiger partial charge on any atom is -0.481 e. The molecule has 0 bridgehead atoms. The second-order valence-electron chi connectivity index (χ2n) is 12.3. The molecule has 1 aliphatic carbocycles. The van der Waals surface area contributed by atoms with Gasteiger partial charge in [-0.1, -0.05) is 27.2 Å². The average molecular weight is 599 g/mol. The predicted octanol–water partition coefficient (Wildman–Crippen LogP) is 5.04. The molecule has 2 heterocycles. The summed E-state index contributed by atoms with van der Waals surface area (Å²) < 4.78 is 48.3. The first-order valence-electron chi connectivity index (χ1n) is 14.8. The monoisotopic (exact) mass is 598 g/mol. The highest BCUT2D eigenvalue weighted by molar-refractivity contribution is 5.79. The number of amides is 1. The number of carbonyl (C=O) groups excluding carboxylic acids is 1. The van der Waals surface area contributed by atoms with Crippen LogP contribution in [-0.2, 0) is 20.5 Å². The first kappa shape index (κ1) is 31.8. The molecular formula is C29H41F3N4O6. The van der Waals surface area contributed by atoms with Gasteiger partial charge in [0.25, 0.3) is 5.69 Å². The number of halogens is 3. The van der Waals surface area contributed by atoms with E-state index >= 15 is 0 Å². The van der Waals surface area contributed by atoms with Crippen LogP contribution >= 0.6 is 0 Å². The van der Waals surface area contributed by atoms with Gasteiger partial charge < -0.3 is 24.5 Å². The number of carboxylic acid groups (broad SMARTS) is 1. The standard InChI is InChI=1S/C29H41F3N4O6/c1-18(2)21-5-4-19(3)14-26(21)42-17-27(37)35-12-10-34(11-13-35)24-16-23(33-8-6-20(7-9-33)28(38)39)22(29(30,31)32)15-25(24)36(40)41/h15-16,18-21,26H,4-14,17H2,1-3H3,(H,38,39)/t19-,21+,26-/m1/s1. The molecule has 42 heavy (non-hydrogen) atoms. The molecule has 2 aliphatic heterocycles. The Hall–Kier alpha value is -3.09. The van der Waals surface area contributed by atoms with Crippen molar-refractivity contribution in [1.29, 1.82) is 0 Å². The molecule has 0 aromatic heterocycles. The molecule has 4 rings (SSSR count). The van der Waals surface area contributed by atoms with Gasteiger partial charge in [-0.3, -0.25) is 19.7 Å². The van der Waals surface area contributed by atoms with Gasteiger partial charge in [-0.15, -0.1) is 0 Å². The SMILES string of the molecule is CC(C)[C@@H]1CC[C@@H](C)C[C@H]1OCC(=O)N1CCN(c2cc(N3CCC(C(=O)O)CC3)c(C(F)(F)F)cc2[N+](=O)[O-])CC1. The van der Waals surface area contributed by atoms with Crippen LogP contribution in [-0.4, -0.2) is 78.8 Å². The number of carboxylic acids is 1. The maximum Gasteiger partial charge on any atom is 0.418 e. The molecule has 1 amide bonds. The quantitative estimate of drug-likeness (QED) is 0.327. The Kier molecular flexibility index (Phi) is 9.89. The topological polar surface area (TPSA) is 116 Å². The summed E-state index contributed by atoms with van der Waals surface area (Å²) in [7, 11) is 0. The number of hydrogen-bond donors (Lipinski definition) is 1. The van der Waals surface area contributed by atoms with E-state index in [1.54, 1.807) is 9.80 Å². The molecule has 3 fully saturated rings. The van der Waals surface area contributed by atoms with E-state index in [0.29, 0.717) is 23.8 Å². The van der Waals surface area contributed by atoms with E-state index in [2.05, 4.69) is 20.8 Å². The van der Waals surface area contributed by atoms with Crippen molar-refractivity contribution in [3.63, 3.8) is 0 Å². The Morgan fingerprint density at radius 1 is 1.02 bits per heavy atom. The minimum absolute atomic E-state index is 0.0211. The molecule has 1 saturated carbocycles. The lowest BCUT2D eigenvalue weighted by Crippen LogP contribution is -2.50. The van der Waals surface area contributed by atoms with Crippen molar-refractivity contribution >= 4 is 28.9 Å². The van der Waals surface area contributed by atoms with E-state index < -0.39 is 34.2 Å². The van der Waals surface area contributed by atoms with Crippen molar-refractivity contribution in [3.05, 3.63) is 27.8 Å². The van der Waals surface area contributed by atoms with Crippen molar-refractivity contribution in [2.75, 3.05) is 55.7 Å². The Balaban J connectivity index is 1.47. The third-order valence-corrected chi connectivity index (χ3v) is 9.14. The summed E-state index contributed by atoms with van der Waals surface area (Å²) in [6.07, 6.45) is -1.32. The molecule has 0 radical (unpaired) electrons. The Bertz CT molecular complexity index is 1150. The Morgan fingerprint density at radius 2 is 1.64 bits per heavy atom. The average Bonchev–Trinajstić information content (AvgIpc) is 2.94. The first-order valence-corrected chi connectivity index (χ1v) is 14.8. The Morgan fingerprint density at radius 3 is 2.19 bits per heavy atom. The van der Waals surface area contributed by atoms with E-state index in [9.17, 15) is 38.0 Å². The number of piperidine rings is 1. The lowest BCUT2D eigenvalue weighted by atomic mass is 9.75. The zero-order valence-corrected chi connectivity index (χ0v) is 24.4. The molecule has 10 nitrogen and oxygen atoms in total. The fourth-order valence-corrected chi connectivity index (χ4v) is 6.59. The predicted molar refractivity (Wildman–Crippen MR) is 151 cm³/mol. The number of anilines is 2. The van der Waals surface area contributed by atoms with Crippen molar-refractivity contribution in [2.24, 2.45) is 23.7 Å². The fourth-order valence-electron chi connectivity index (χ4n) is 6.59. The summed E-state index contributed by atoms with van der Waals surface area (Å²) in [5.74, 6) is -0.401. The molecule has 13 heteroatoms. The van der Waals surface area contributed by atoms with Gasteiger partial charge in [-0.25, -0.2) is 0 Å². The molecule has 2 saturated heterocycles. The number of hydrogen-bond acceptors (Lipinski definition) is 7. The van der Waals surface area contributed by atoms with Crippen LogP contribution in [0.2, 0.25) is 0 Å². The van der Waals surface area contributed by atoms with Gasteiger partial charge in [0, 0.05) is 45.3 Å². The highest BCUT2D eigenvalue weighted by Gasteiger charge is 2.40. The van der Waals surface area contributed by atoms with E-state index in [4.69, 9.17) is 4.74 Å². The van der Waals surface area contributed by atoms with Crippen LogP contribution in [0.15, 0.2) is 12.1 Å². The van der Waals surface area contributed by atoms with E-state index in [-0.39, 0.29) is 82.1 Å². The van der Waals surface area contributed by atoms with Crippen LogP contribution < -0.4 is 9.80 Å². The van der Waals surface area contributed by atoms with E-state index in [1.165, 1.54) is 11.0 Å². The molecule has 0 spiro atoms. The smallest absolute Gasteiger partial charge is 0.418 e. The number of piperazine rings is 1. The summed E-state index contributed by atoms with van der Waals surface area (Å²) >= 11 is 0. The number of nitro benzene ring substituents is 1. The van der Waals surface area contributed by atoms with Crippen molar-refractivity contribution in [2.45, 2.75) is 65.2 Å². The number of carbonyl (C=O) groups is 2. The van der Waals surface area contributed by atoms with Crippen LogP contribution in [0.4, 0.5) is 30.2 Å². The van der Waals surface area contributed by atoms with E-state index in [0.717, 1.165) is 19.3 Å². The normalized spacial score (nSPS) is 24.3. The summed E-state index contributed by atoms with van der Waals surface area (Å²) in [6.45, 7) is 7.62. The molecule has 1 aromatic carbocycles. The van der Waals surface area contributed by atoms with Crippen molar-refractivity contribution < 1.29 is 37.5 Å². The minimum atomic E-state index is -4.84. The summed E-state index contributed by atoms with van der Waals surface area (Å²) in [5, 5.41) is 21.2. The third kappa shape index (κ3) is 7.27. The first-order chi connectivity index (χ1) is 19.8. The van der Waals surface area contributed by atoms with Crippen molar-refractivity contribution in [3.8, 4) is 0 Å². The van der Waals surface area contributed by atoms with Crippen LogP contribution in [0.25, 0.3) is 0 Å². The third-order valence-electron chi connectivity index (χ3n) is 9.14. The van der Waals surface area contributed by atoms with Crippen LogP contribution in [0.1, 0.15) is 58.4 Å². The zero-order valence-electron chi connectivity index (χ0n) is 24.4. The second kappa shape index (κ2) is 13.0. The largest absolute Gasteiger partial charge is 0.481 e. The number of nitro groups is 1. The number of aliphatic carboxylic acids is 1. The highest BCUT2D eigenvalue weighted by atomic mass is 19.4. The van der Waals surface area contributed by atoms with Gasteiger partial charge in [0.2, 0.25) is 5.91 Å². The molecule has 3 aliphatic rings. The number of alkyl halides is 3. The highest BCUT2D eigenvalue weighted by Crippen LogP contribution is 2.44. The van der Waals surface area contributed by atoms with Gasteiger partial charge in [0.1, 0.15) is 12.3 Å². The Labute approximate surface area is 243 Å². The van der Waals surface area contributed by atoms with Crippen LogP contribution in [0.5, 0.6) is 0 Å². The van der Waals surface area contributed by atoms with Gasteiger partial charge in [0.15, 0.2) is 0 Å². The second-order valence-corrected chi connectivity index (χ2v) is 12.3. The summed E-state index contributed by atoms with van der Waals surface area (Å²) in [4.78, 5) is 40.2. The number of nitrogens with zero attached hydrogens (tertiary/aromatic N) is 4. The lowest BCUT2D eigenvalue weighted by Gasteiger charge is -2.39. The summed E-state index contributed by atoms with van der Waals surface area (Å²) in [5.41, 5.74) is -1.90. The summed E-state index contributed by atoms with van der Waals surface area (Å²) in [6, 6.07) is 1.79. The van der Waals surface area contributed by atoms with Gasteiger partial charge >= 0.3 is 12.1 Å². The van der Waals surface area contributed by atoms with E-state index in [1.807, 2.05) is 0 Å². The van der Waals surface area contributed by atoms with Gasteiger partial charge in [-0.2, -0.15) is 13.2 Å². The molecule has 3 atom stereocenters.